The summed E-state index contributed by atoms with van der Waals surface area (Å²) >= 11 is 6.11. The predicted octanol–water partition coefficient (Wildman–Crippen LogP) is 5.27. The second-order valence-electron chi connectivity index (χ2n) is 5.57. The Kier molecular flexibility index (Phi) is 4.20. The highest BCUT2D eigenvalue weighted by molar-refractivity contribution is 6.33. The number of carbonyl (C=O) groups is 1. The second-order valence-corrected chi connectivity index (χ2v) is 5.98. The molecule has 1 aromatic heterocycles. The van der Waals surface area contributed by atoms with E-state index in [1.54, 1.807) is 5.32 Å². The van der Waals surface area contributed by atoms with Crippen LogP contribution in [0.25, 0.3) is 22.6 Å². The third kappa shape index (κ3) is 3.46. The number of aryl methyl sites for hydroxylation is 2. The van der Waals surface area contributed by atoms with Gasteiger partial charge in [-0.25, -0.2) is 4.98 Å². The Morgan fingerprint density at radius 3 is 2.52 bits per heavy atom. The number of aromatic nitrogens is 1. The van der Waals surface area contributed by atoms with E-state index in [4.69, 9.17) is 16.0 Å². The van der Waals surface area contributed by atoms with E-state index in [9.17, 15) is 18.0 Å². The van der Waals surface area contributed by atoms with E-state index in [1.165, 1.54) is 18.2 Å². The summed E-state index contributed by atoms with van der Waals surface area (Å²) < 4.78 is 42.8. The Balaban J connectivity index is 2.02. The average molecular weight is 369 g/mol. The average Bonchev–Trinajstić information content (AvgIpc) is 2.91. The molecule has 0 bridgehead atoms. The summed E-state index contributed by atoms with van der Waals surface area (Å²) in [5, 5.41) is 2.02. The maximum atomic E-state index is 12.4. The number of oxazole rings is 1. The number of carbonyl (C=O) groups excluding carboxylic acids is 1. The van der Waals surface area contributed by atoms with Crippen LogP contribution in [-0.2, 0) is 4.79 Å². The van der Waals surface area contributed by atoms with Gasteiger partial charge >= 0.3 is 12.1 Å². The lowest BCUT2D eigenvalue weighted by Gasteiger charge is -2.09. The van der Waals surface area contributed by atoms with Crippen LogP contribution in [0.4, 0.5) is 18.9 Å². The van der Waals surface area contributed by atoms with Crippen molar-refractivity contribution >= 4 is 34.3 Å². The molecule has 1 amide bonds. The van der Waals surface area contributed by atoms with Crippen LogP contribution >= 0.6 is 11.6 Å². The summed E-state index contributed by atoms with van der Waals surface area (Å²) in [5.74, 6) is -1.90. The Bertz CT molecular complexity index is 941. The SMILES string of the molecule is Cc1cc2nc(-c3cc(NC(=O)C(F)(F)F)ccc3Cl)oc2cc1C. The van der Waals surface area contributed by atoms with Gasteiger partial charge < -0.3 is 9.73 Å². The molecule has 0 saturated carbocycles. The van der Waals surface area contributed by atoms with E-state index < -0.39 is 12.1 Å². The number of rotatable bonds is 2. The molecule has 8 heteroatoms. The van der Waals surface area contributed by atoms with Gasteiger partial charge in [0.1, 0.15) is 5.52 Å². The lowest BCUT2D eigenvalue weighted by Crippen LogP contribution is -2.29. The number of benzene rings is 2. The first kappa shape index (κ1) is 17.3. The number of anilines is 1. The third-order valence-corrected chi connectivity index (χ3v) is 4.05. The monoisotopic (exact) mass is 368 g/mol. The first-order valence-corrected chi connectivity index (χ1v) is 7.59. The molecule has 2 aromatic carbocycles. The third-order valence-electron chi connectivity index (χ3n) is 3.72. The van der Waals surface area contributed by atoms with Crippen molar-refractivity contribution in [3.8, 4) is 11.5 Å². The zero-order valence-corrected chi connectivity index (χ0v) is 13.9. The minimum absolute atomic E-state index is 0.0589. The number of amides is 1. The number of halogens is 4. The first-order valence-electron chi connectivity index (χ1n) is 7.21. The van der Waals surface area contributed by atoms with Crippen molar-refractivity contribution in [2.75, 3.05) is 5.32 Å². The van der Waals surface area contributed by atoms with Gasteiger partial charge in [-0.2, -0.15) is 13.2 Å². The van der Waals surface area contributed by atoms with Crippen molar-refractivity contribution in [3.05, 3.63) is 46.5 Å². The molecular formula is C17H12ClF3N2O2. The molecule has 0 atom stereocenters. The summed E-state index contributed by atoms with van der Waals surface area (Å²) in [6.07, 6.45) is -4.98. The van der Waals surface area contributed by atoms with E-state index in [0.717, 1.165) is 11.1 Å². The standard InChI is InChI=1S/C17H12ClF3N2O2/c1-8-5-13-14(6-9(8)2)25-15(23-13)11-7-10(3-4-12(11)18)22-16(24)17(19,20)21/h3-7H,1-2H3,(H,22,24). The van der Waals surface area contributed by atoms with Gasteiger partial charge in [0.15, 0.2) is 5.58 Å². The molecule has 0 aliphatic heterocycles. The van der Waals surface area contributed by atoms with E-state index in [0.29, 0.717) is 11.1 Å². The van der Waals surface area contributed by atoms with E-state index in [2.05, 4.69) is 4.98 Å². The lowest BCUT2D eigenvalue weighted by molar-refractivity contribution is -0.167. The molecule has 0 aliphatic rings. The summed E-state index contributed by atoms with van der Waals surface area (Å²) in [6.45, 7) is 3.86. The molecule has 0 unspecified atom stereocenters. The molecule has 4 nitrogen and oxygen atoms in total. The van der Waals surface area contributed by atoms with Crippen LogP contribution in [0.5, 0.6) is 0 Å². The molecule has 3 rings (SSSR count). The summed E-state index contributed by atoms with van der Waals surface area (Å²) in [7, 11) is 0. The second kappa shape index (κ2) is 6.07. The summed E-state index contributed by atoms with van der Waals surface area (Å²) in [4.78, 5) is 15.4. The zero-order valence-electron chi connectivity index (χ0n) is 13.2. The number of hydrogen-bond donors (Lipinski definition) is 1. The van der Waals surface area contributed by atoms with Crippen molar-refractivity contribution in [2.24, 2.45) is 0 Å². The van der Waals surface area contributed by atoms with Crippen molar-refractivity contribution in [1.29, 1.82) is 0 Å². The number of fused-ring (bicyclic) bond motifs is 1. The quantitative estimate of drug-likeness (QED) is 0.670. The first-order chi connectivity index (χ1) is 11.6. The van der Waals surface area contributed by atoms with Crippen molar-refractivity contribution in [3.63, 3.8) is 0 Å². The molecule has 3 aromatic rings. The fourth-order valence-electron chi connectivity index (χ4n) is 2.26. The number of hydrogen-bond acceptors (Lipinski definition) is 3. The Labute approximate surface area is 145 Å². The fraction of sp³-hybridized carbons (Fsp3) is 0.176. The van der Waals surface area contributed by atoms with Gasteiger partial charge in [-0.15, -0.1) is 0 Å². The van der Waals surface area contributed by atoms with Crippen LogP contribution in [0.2, 0.25) is 5.02 Å². The lowest BCUT2D eigenvalue weighted by atomic mass is 10.1. The molecule has 0 saturated heterocycles. The van der Waals surface area contributed by atoms with Crippen molar-refractivity contribution < 1.29 is 22.4 Å². The molecule has 1 N–H and O–H groups in total. The normalized spacial score (nSPS) is 11.8. The van der Waals surface area contributed by atoms with Gasteiger partial charge in [-0.3, -0.25) is 4.79 Å². The topological polar surface area (TPSA) is 55.1 Å². The molecule has 0 fully saturated rings. The Morgan fingerprint density at radius 2 is 1.84 bits per heavy atom. The molecule has 0 aliphatic carbocycles. The molecule has 25 heavy (non-hydrogen) atoms. The van der Waals surface area contributed by atoms with Crippen molar-refractivity contribution in [2.45, 2.75) is 20.0 Å². The van der Waals surface area contributed by atoms with Gasteiger partial charge in [0.05, 0.1) is 10.6 Å². The van der Waals surface area contributed by atoms with E-state index in [1.807, 2.05) is 26.0 Å². The van der Waals surface area contributed by atoms with Crippen LogP contribution in [-0.4, -0.2) is 17.1 Å². The van der Waals surface area contributed by atoms with Gasteiger partial charge in [0.2, 0.25) is 5.89 Å². The van der Waals surface area contributed by atoms with Crippen LogP contribution in [0.3, 0.4) is 0 Å². The highest BCUT2D eigenvalue weighted by atomic mass is 35.5. The highest BCUT2D eigenvalue weighted by Gasteiger charge is 2.38. The van der Waals surface area contributed by atoms with Crippen LogP contribution in [0, 0.1) is 13.8 Å². The minimum Gasteiger partial charge on any atom is -0.436 e. The van der Waals surface area contributed by atoms with Gasteiger partial charge in [0, 0.05) is 5.69 Å². The van der Waals surface area contributed by atoms with E-state index >= 15 is 0 Å². The molecule has 0 radical (unpaired) electrons. The van der Waals surface area contributed by atoms with Crippen LogP contribution < -0.4 is 5.32 Å². The maximum absolute atomic E-state index is 12.4. The number of alkyl halides is 3. The van der Waals surface area contributed by atoms with Crippen LogP contribution in [0.15, 0.2) is 34.7 Å². The largest absolute Gasteiger partial charge is 0.471 e. The maximum Gasteiger partial charge on any atom is 0.471 e. The van der Waals surface area contributed by atoms with Gasteiger partial charge in [-0.1, -0.05) is 11.6 Å². The molecule has 130 valence electrons. The minimum atomic E-state index is -4.98. The van der Waals surface area contributed by atoms with Gasteiger partial charge in [-0.05, 0) is 55.3 Å². The van der Waals surface area contributed by atoms with Gasteiger partial charge in [0.25, 0.3) is 0 Å². The number of nitrogens with zero attached hydrogens (tertiary/aromatic N) is 1. The zero-order chi connectivity index (χ0) is 18.4. The van der Waals surface area contributed by atoms with E-state index in [-0.39, 0.29) is 22.2 Å². The molecule has 0 spiro atoms. The number of nitrogens with one attached hydrogen (secondary N) is 1. The highest BCUT2D eigenvalue weighted by Crippen LogP contribution is 2.33. The molecule has 1 heterocycles. The molecular weight excluding hydrogens is 357 g/mol. The Hall–Kier alpha value is -2.54. The summed E-state index contributed by atoms with van der Waals surface area (Å²) in [5.41, 5.74) is 3.43. The summed E-state index contributed by atoms with van der Waals surface area (Å²) in [6, 6.07) is 7.60. The predicted molar refractivity (Wildman–Crippen MR) is 88.6 cm³/mol. The van der Waals surface area contributed by atoms with Crippen molar-refractivity contribution in [1.82, 2.24) is 4.98 Å². The van der Waals surface area contributed by atoms with Crippen LogP contribution in [0.1, 0.15) is 11.1 Å². The Morgan fingerprint density at radius 1 is 1.16 bits per heavy atom. The fourth-order valence-corrected chi connectivity index (χ4v) is 2.46. The smallest absolute Gasteiger partial charge is 0.436 e.